The van der Waals surface area contributed by atoms with Gasteiger partial charge in [-0.25, -0.2) is 15.0 Å². The van der Waals surface area contributed by atoms with E-state index in [9.17, 15) is 4.79 Å². The summed E-state index contributed by atoms with van der Waals surface area (Å²) >= 11 is 0. The molecular weight excluding hydrogens is 258 g/mol. The average molecular weight is 275 g/mol. The Hall–Kier alpha value is -2.18. The molecule has 3 atom stereocenters. The van der Waals surface area contributed by atoms with Crippen molar-refractivity contribution in [2.24, 2.45) is 11.8 Å². The van der Waals surface area contributed by atoms with E-state index >= 15 is 0 Å². The zero-order valence-electron chi connectivity index (χ0n) is 11.2. The minimum atomic E-state index is -0.724. The quantitative estimate of drug-likeness (QED) is 0.878. The molecule has 0 amide bonds. The van der Waals surface area contributed by atoms with Crippen LogP contribution in [0.3, 0.4) is 0 Å². The second-order valence-corrected chi connectivity index (χ2v) is 5.44. The Kier molecular flexibility index (Phi) is 3.04. The summed E-state index contributed by atoms with van der Waals surface area (Å²) in [5.74, 6) is -0.455. The van der Waals surface area contributed by atoms with Crippen molar-refractivity contribution >= 4 is 23.0 Å². The molecule has 2 aromatic rings. The van der Waals surface area contributed by atoms with E-state index in [2.05, 4.69) is 15.0 Å². The van der Waals surface area contributed by atoms with Crippen molar-refractivity contribution in [3.8, 4) is 0 Å². The number of nitrogens with two attached hydrogens (primary N) is 1. The molecular formula is C13H17N5O2. The summed E-state index contributed by atoms with van der Waals surface area (Å²) in [5.41, 5.74) is 7.12. The Labute approximate surface area is 115 Å². The summed E-state index contributed by atoms with van der Waals surface area (Å²) < 4.78 is 2.00. The summed E-state index contributed by atoms with van der Waals surface area (Å²) in [4.78, 5) is 23.5. The SMILES string of the molecule is CC(C(=O)O)[C@@H]1CC[C@H](n2cnc3c(N)ncnc32)C1. The van der Waals surface area contributed by atoms with Crippen LogP contribution in [0.15, 0.2) is 12.7 Å². The first kappa shape index (κ1) is 12.8. The molecule has 0 bridgehead atoms. The van der Waals surface area contributed by atoms with E-state index in [1.165, 1.54) is 6.33 Å². The predicted octanol–water partition coefficient (Wildman–Crippen LogP) is 1.47. The van der Waals surface area contributed by atoms with Gasteiger partial charge < -0.3 is 15.4 Å². The van der Waals surface area contributed by atoms with E-state index in [1.54, 1.807) is 13.3 Å². The number of nitrogens with zero attached hydrogens (tertiary/aromatic N) is 4. The Morgan fingerprint density at radius 3 is 3.00 bits per heavy atom. The number of carboxylic acids is 1. The number of rotatable bonds is 3. The average Bonchev–Trinajstić information content (AvgIpc) is 3.04. The molecule has 3 rings (SSSR count). The van der Waals surface area contributed by atoms with E-state index < -0.39 is 5.97 Å². The normalized spacial score (nSPS) is 24.1. The van der Waals surface area contributed by atoms with Crippen LogP contribution >= 0.6 is 0 Å². The van der Waals surface area contributed by atoms with Crippen LogP contribution in [0.25, 0.3) is 11.2 Å². The van der Waals surface area contributed by atoms with Gasteiger partial charge in [-0.05, 0) is 25.2 Å². The van der Waals surface area contributed by atoms with Crippen molar-refractivity contribution in [3.63, 3.8) is 0 Å². The number of carbonyl (C=O) groups is 1. The van der Waals surface area contributed by atoms with Crippen molar-refractivity contribution in [1.29, 1.82) is 0 Å². The van der Waals surface area contributed by atoms with E-state index in [0.717, 1.165) is 24.9 Å². The lowest BCUT2D eigenvalue weighted by atomic mass is 9.92. The summed E-state index contributed by atoms with van der Waals surface area (Å²) in [6, 6.07) is 0.237. The monoisotopic (exact) mass is 275 g/mol. The van der Waals surface area contributed by atoms with Crippen LogP contribution in [0.1, 0.15) is 32.2 Å². The molecule has 1 fully saturated rings. The Morgan fingerprint density at radius 2 is 2.25 bits per heavy atom. The van der Waals surface area contributed by atoms with Crippen LogP contribution in [-0.2, 0) is 4.79 Å². The fourth-order valence-electron chi connectivity index (χ4n) is 3.04. The number of hydrogen-bond donors (Lipinski definition) is 2. The van der Waals surface area contributed by atoms with Gasteiger partial charge in [0.15, 0.2) is 11.5 Å². The fourth-order valence-corrected chi connectivity index (χ4v) is 3.04. The third-order valence-corrected chi connectivity index (χ3v) is 4.32. The molecule has 2 aromatic heterocycles. The van der Waals surface area contributed by atoms with Crippen molar-refractivity contribution in [3.05, 3.63) is 12.7 Å². The van der Waals surface area contributed by atoms with Crippen molar-refractivity contribution < 1.29 is 9.90 Å². The molecule has 0 radical (unpaired) electrons. The Morgan fingerprint density at radius 1 is 1.45 bits per heavy atom. The van der Waals surface area contributed by atoms with Gasteiger partial charge in [-0.1, -0.05) is 6.92 Å². The predicted molar refractivity (Wildman–Crippen MR) is 72.9 cm³/mol. The highest BCUT2D eigenvalue weighted by molar-refractivity contribution is 5.81. The number of nitrogen functional groups attached to an aromatic ring is 1. The van der Waals surface area contributed by atoms with Crippen LogP contribution in [0.2, 0.25) is 0 Å². The number of hydrogen-bond acceptors (Lipinski definition) is 5. The lowest BCUT2D eigenvalue weighted by Gasteiger charge is -2.16. The van der Waals surface area contributed by atoms with Crippen LogP contribution < -0.4 is 5.73 Å². The first-order chi connectivity index (χ1) is 9.58. The molecule has 1 saturated carbocycles. The van der Waals surface area contributed by atoms with E-state index in [-0.39, 0.29) is 17.9 Å². The van der Waals surface area contributed by atoms with E-state index in [0.29, 0.717) is 11.3 Å². The first-order valence-electron chi connectivity index (χ1n) is 6.73. The summed E-state index contributed by atoms with van der Waals surface area (Å²) in [6.07, 6.45) is 5.86. The van der Waals surface area contributed by atoms with Gasteiger partial charge in [0.1, 0.15) is 11.8 Å². The minimum absolute atomic E-state index is 0.203. The lowest BCUT2D eigenvalue weighted by molar-refractivity contribution is -0.142. The highest BCUT2D eigenvalue weighted by Gasteiger charge is 2.33. The van der Waals surface area contributed by atoms with Crippen molar-refractivity contribution in [1.82, 2.24) is 19.5 Å². The van der Waals surface area contributed by atoms with Crippen LogP contribution in [0.4, 0.5) is 5.82 Å². The molecule has 1 aliphatic carbocycles. The van der Waals surface area contributed by atoms with Gasteiger partial charge in [0.05, 0.1) is 12.2 Å². The van der Waals surface area contributed by atoms with E-state index in [1.807, 2.05) is 4.57 Å². The van der Waals surface area contributed by atoms with Gasteiger partial charge in [0.2, 0.25) is 0 Å². The smallest absolute Gasteiger partial charge is 0.306 e. The zero-order valence-corrected chi connectivity index (χ0v) is 11.2. The zero-order chi connectivity index (χ0) is 14.3. The molecule has 106 valence electrons. The van der Waals surface area contributed by atoms with Gasteiger partial charge in [0.25, 0.3) is 0 Å². The van der Waals surface area contributed by atoms with Crippen molar-refractivity contribution in [2.75, 3.05) is 5.73 Å². The minimum Gasteiger partial charge on any atom is -0.481 e. The molecule has 0 aromatic carbocycles. The molecule has 20 heavy (non-hydrogen) atoms. The number of carboxylic acid groups (broad SMARTS) is 1. The second kappa shape index (κ2) is 4.73. The number of fused-ring (bicyclic) bond motifs is 1. The van der Waals surface area contributed by atoms with Gasteiger partial charge in [0, 0.05) is 6.04 Å². The van der Waals surface area contributed by atoms with Gasteiger partial charge in [-0.3, -0.25) is 4.79 Å². The molecule has 0 spiro atoms. The topological polar surface area (TPSA) is 107 Å². The third kappa shape index (κ3) is 1.99. The number of aromatic nitrogens is 4. The van der Waals surface area contributed by atoms with Crippen LogP contribution in [0.5, 0.6) is 0 Å². The van der Waals surface area contributed by atoms with Crippen LogP contribution in [-0.4, -0.2) is 30.6 Å². The molecule has 1 aliphatic rings. The first-order valence-corrected chi connectivity index (χ1v) is 6.73. The highest BCUT2D eigenvalue weighted by atomic mass is 16.4. The second-order valence-electron chi connectivity index (χ2n) is 5.44. The van der Waals surface area contributed by atoms with Gasteiger partial charge in [-0.15, -0.1) is 0 Å². The maximum Gasteiger partial charge on any atom is 0.306 e. The number of imidazole rings is 1. The molecule has 0 saturated heterocycles. The maximum absolute atomic E-state index is 11.1. The number of aliphatic carboxylic acids is 1. The van der Waals surface area contributed by atoms with Crippen molar-refractivity contribution in [2.45, 2.75) is 32.2 Å². The lowest BCUT2D eigenvalue weighted by Crippen LogP contribution is -2.18. The standard InChI is InChI=1S/C13H17N5O2/c1-7(13(19)20)8-2-3-9(4-8)18-6-17-10-11(14)15-5-16-12(10)18/h5-9H,2-4H2,1H3,(H,19,20)(H2,14,15,16)/t7?,8-,9+/m1/s1. The molecule has 0 aliphatic heterocycles. The Balaban J connectivity index is 1.87. The Bertz CT molecular complexity index is 653. The molecule has 1 unspecified atom stereocenters. The number of anilines is 1. The highest BCUT2D eigenvalue weighted by Crippen LogP contribution is 2.39. The molecule has 3 N–H and O–H groups in total. The fraction of sp³-hybridized carbons (Fsp3) is 0.538. The van der Waals surface area contributed by atoms with E-state index in [4.69, 9.17) is 10.8 Å². The largest absolute Gasteiger partial charge is 0.481 e. The third-order valence-electron chi connectivity index (χ3n) is 4.32. The van der Waals surface area contributed by atoms with Crippen LogP contribution in [0, 0.1) is 11.8 Å². The van der Waals surface area contributed by atoms with Gasteiger partial charge in [-0.2, -0.15) is 0 Å². The summed E-state index contributed by atoms with van der Waals surface area (Å²) in [5, 5.41) is 9.11. The molecule has 7 heteroatoms. The molecule has 2 heterocycles. The molecule has 7 nitrogen and oxygen atoms in total. The summed E-state index contributed by atoms with van der Waals surface area (Å²) in [6.45, 7) is 1.78. The maximum atomic E-state index is 11.1. The van der Waals surface area contributed by atoms with Gasteiger partial charge >= 0.3 is 5.97 Å². The summed E-state index contributed by atoms with van der Waals surface area (Å²) in [7, 11) is 0.